The topological polar surface area (TPSA) is 26.0 Å². The van der Waals surface area contributed by atoms with Crippen molar-refractivity contribution in [1.29, 1.82) is 0 Å². The Morgan fingerprint density at radius 1 is 1.24 bits per heavy atom. The maximum Gasteiger partial charge on any atom is 0.0640 e. The molecule has 3 heteroatoms. The van der Waals surface area contributed by atoms with E-state index >= 15 is 0 Å². The average Bonchev–Trinajstić information content (AvgIpc) is 2.20. The molecule has 0 aliphatic rings. The Bertz CT molecular complexity index is 382. The second-order valence-corrected chi connectivity index (χ2v) is 6.54. The first-order valence-electron chi connectivity index (χ1n) is 5.93. The van der Waals surface area contributed by atoms with E-state index in [4.69, 9.17) is 28.9 Å². The molecule has 0 heterocycles. The number of rotatable bonds is 3. The lowest BCUT2D eigenvalue weighted by atomic mass is 9.78. The zero-order chi connectivity index (χ0) is 13.2. The van der Waals surface area contributed by atoms with E-state index in [1.807, 2.05) is 12.1 Å². The largest absolute Gasteiger partial charge is 0.324 e. The normalized spacial score (nSPS) is 15.7. The third kappa shape index (κ3) is 3.87. The maximum atomic E-state index is 6.22. The molecule has 0 fully saturated rings. The van der Waals surface area contributed by atoms with Gasteiger partial charge in [-0.25, -0.2) is 0 Å². The summed E-state index contributed by atoms with van der Waals surface area (Å²) in [5, 5.41) is 1.16. The summed E-state index contributed by atoms with van der Waals surface area (Å²) in [6.07, 6.45) is 0.906. The molecule has 0 aromatic heterocycles. The maximum absolute atomic E-state index is 6.22. The predicted octanol–water partition coefficient (Wildman–Crippen LogP) is 5.07. The molecular formula is C14H21Cl2N. The van der Waals surface area contributed by atoms with Gasteiger partial charge < -0.3 is 5.73 Å². The van der Waals surface area contributed by atoms with Crippen molar-refractivity contribution in [1.82, 2.24) is 0 Å². The lowest BCUT2D eigenvalue weighted by Gasteiger charge is -2.30. The van der Waals surface area contributed by atoms with Gasteiger partial charge in [-0.3, -0.25) is 0 Å². The third-order valence-corrected chi connectivity index (χ3v) is 4.30. The summed E-state index contributed by atoms with van der Waals surface area (Å²) < 4.78 is 0. The Balaban J connectivity index is 2.84. The number of nitrogens with two attached hydrogens (primary N) is 1. The van der Waals surface area contributed by atoms with Crippen LogP contribution in [0, 0.1) is 11.3 Å². The molecule has 96 valence electrons. The molecule has 2 N–H and O–H groups in total. The van der Waals surface area contributed by atoms with Crippen molar-refractivity contribution in [2.75, 3.05) is 0 Å². The summed E-state index contributed by atoms with van der Waals surface area (Å²) in [5.41, 5.74) is 7.41. The molecule has 1 aromatic carbocycles. The second-order valence-electron chi connectivity index (χ2n) is 5.75. The minimum Gasteiger partial charge on any atom is -0.324 e. The fourth-order valence-electron chi connectivity index (χ4n) is 1.67. The van der Waals surface area contributed by atoms with Crippen molar-refractivity contribution in [3.63, 3.8) is 0 Å². The van der Waals surface area contributed by atoms with E-state index in [0.717, 1.165) is 12.0 Å². The van der Waals surface area contributed by atoms with Gasteiger partial charge in [0.1, 0.15) is 0 Å². The molecule has 0 aliphatic heterocycles. The Morgan fingerprint density at radius 2 is 1.82 bits per heavy atom. The highest BCUT2D eigenvalue weighted by Gasteiger charge is 2.23. The molecule has 0 bridgehead atoms. The fourth-order valence-corrected chi connectivity index (χ4v) is 2.12. The molecule has 2 unspecified atom stereocenters. The summed E-state index contributed by atoms with van der Waals surface area (Å²) in [7, 11) is 0. The van der Waals surface area contributed by atoms with Gasteiger partial charge in [-0.15, -0.1) is 0 Å². The molecule has 0 amide bonds. The summed E-state index contributed by atoms with van der Waals surface area (Å²) >= 11 is 12.2. The van der Waals surface area contributed by atoms with E-state index in [1.165, 1.54) is 0 Å². The summed E-state index contributed by atoms with van der Waals surface area (Å²) in [5.74, 6) is 0.521. The summed E-state index contributed by atoms with van der Waals surface area (Å²) in [4.78, 5) is 0. The van der Waals surface area contributed by atoms with Gasteiger partial charge in [0.25, 0.3) is 0 Å². The van der Waals surface area contributed by atoms with Crippen molar-refractivity contribution < 1.29 is 0 Å². The zero-order valence-corrected chi connectivity index (χ0v) is 12.4. The lowest BCUT2D eigenvalue weighted by Crippen LogP contribution is -2.23. The molecule has 1 rings (SSSR count). The van der Waals surface area contributed by atoms with Crippen molar-refractivity contribution in [2.45, 2.75) is 40.2 Å². The monoisotopic (exact) mass is 273 g/mol. The quantitative estimate of drug-likeness (QED) is 0.818. The highest BCUT2D eigenvalue weighted by Crippen LogP contribution is 2.36. The van der Waals surface area contributed by atoms with Crippen LogP contribution in [-0.4, -0.2) is 0 Å². The van der Waals surface area contributed by atoms with Gasteiger partial charge in [0.2, 0.25) is 0 Å². The highest BCUT2D eigenvalue weighted by atomic mass is 35.5. The molecule has 0 spiro atoms. The fraction of sp³-hybridized carbons (Fsp3) is 0.571. The first-order chi connectivity index (χ1) is 7.73. The molecule has 17 heavy (non-hydrogen) atoms. The Kier molecular flexibility index (Phi) is 4.88. The Morgan fingerprint density at radius 3 is 2.35 bits per heavy atom. The van der Waals surface area contributed by atoms with Crippen LogP contribution in [0.5, 0.6) is 0 Å². The van der Waals surface area contributed by atoms with Crippen LogP contribution >= 0.6 is 23.2 Å². The van der Waals surface area contributed by atoms with E-state index in [-0.39, 0.29) is 11.5 Å². The summed E-state index contributed by atoms with van der Waals surface area (Å²) in [6, 6.07) is 5.57. The van der Waals surface area contributed by atoms with E-state index < -0.39 is 0 Å². The van der Waals surface area contributed by atoms with E-state index in [0.29, 0.717) is 16.0 Å². The van der Waals surface area contributed by atoms with Crippen LogP contribution in [0.4, 0.5) is 0 Å². The smallest absolute Gasteiger partial charge is 0.0640 e. The van der Waals surface area contributed by atoms with Crippen LogP contribution in [0.15, 0.2) is 18.2 Å². The minimum atomic E-state index is -0.0598. The zero-order valence-electron chi connectivity index (χ0n) is 10.9. The van der Waals surface area contributed by atoms with Gasteiger partial charge in [0.05, 0.1) is 10.0 Å². The van der Waals surface area contributed by atoms with Crippen LogP contribution < -0.4 is 5.73 Å². The number of hydrogen-bond acceptors (Lipinski definition) is 1. The van der Waals surface area contributed by atoms with Crippen LogP contribution in [0.25, 0.3) is 0 Å². The van der Waals surface area contributed by atoms with Gasteiger partial charge in [-0.1, -0.05) is 63.0 Å². The van der Waals surface area contributed by atoms with E-state index in [9.17, 15) is 0 Å². The molecule has 1 aromatic rings. The number of benzene rings is 1. The van der Waals surface area contributed by atoms with Crippen LogP contribution in [-0.2, 0) is 0 Å². The van der Waals surface area contributed by atoms with Gasteiger partial charge in [0.15, 0.2) is 0 Å². The van der Waals surface area contributed by atoms with E-state index in [2.05, 4.69) is 27.7 Å². The van der Waals surface area contributed by atoms with Gasteiger partial charge >= 0.3 is 0 Å². The summed E-state index contributed by atoms with van der Waals surface area (Å²) in [6.45, 7) is 8.90. The standard InChI is InChI=1S/C14H21Cl2N/c1-9(14(2,3)4)8-12(17)10-6-5-7-11(15)13(10)16/h5-7,9,12H,8,17H2,1-4H3. The van der Waals surface area contributed by atoms with Crippen molar-refractivity contribution >= 4 is 23.2 Å². The Hall–Kier alpha value is -0.240. The first kappa shape index (κ1) is 14.8. The molecular weight excluding hydrogens is 253 g/mol. The SMILES string of the molecule is CC(CC(N)c1cccc(Cl)c1Cl)C(C)(C)C. The van der Waals surface area contributed by atoms with Gasteiger partial charge in [-0.2, -0.15) is 0 Å². The first-order valence-corrected chi connectivity index (χ1v) is 6.68. The predicted molar refractivity (Wildman–Crippen MR) is 76.6 cm³/mol. The lowest BCUT2D eigenvalue weighted by molar-refractivity contribution is 0.234. The average molecular weight is 274 g/mol. The number of hydrogen-bond donors (Lipinski definition) is 1. The van der Waals surface area contributed by atoms with Crippen molar-refractivity contribution in [3.8, 4) is 0 Å². The van der Waals surface area contributed by atoms with Gasteiger partial charge in [-0.05, 0) is 29.4 Å². The molecule has 1 nitrogen and oxygen atoms in total. The van der Waals surface area contributed by atoms with Crippen molar-refractivity contribution in [3.05, 3.63) is 33.8 Å². The molecule has 0 radical (unpaired) electrons. The van der Waals surface area contributed by atoms with E-state index in [1.54, 1.807) is 6.07 Å². The molecule has 2 atom stereocenters. The van der Waals surface area contributed by atoms with Crippen LogP contribution in [0.3, 0.4) is 0 Å². The van der Waals surface area contributed by atoms with Crippen LogP contribution in [0.2, 0.25) is 10.0 Å². The minimum absolute atomic E-state index is 0.0598. The van der Waals surface area contributed by atoms with Crippen molar-refractivity contribution in [2.24, 2.45) is 17.1 Å². The molecule has 0 aliphatic carbocycles. The number of halogens is 2. The third-order valence-electron chi connectivity index (χ3n) is 3.47. The van der Waals surface area contributed by atoms with Crippen LogP contribution in [0.1, 0.15) is 45.7 Å². The molecule has 0 saturated carbocycles. The van der Waals surface area contributed by atoms with Gasteiger partial charge in [0, 0.05) is 6.04 Å². The second kappa shape index (κ2) is 5.60. The molecule has 0 saturated heterocycles. The highest BCUT2D eigenvalue weighted by molar-refractivity contribution is 6.42. The Labute approximate surface area is 114 Å².